The summed E-state index contributed by atoms with van der Waals surface area (Å²) in [5, 5.41) is 31.8. The summed E-state index contributed by atoms with van der Waals surface area (Å²) in [6.45, 7) is 11.4. The Morgan fingerprint density at radius 1 is 0.480 bits per heavy atom. The van der Waals surface area contributed by atoms with E-state index in [0.717, 1.165) is 24.9 Å². The SMILES string of the molecule is CC1(C)OC2[C@H](O1)[C@H](n1cnc3c(Cl)nc(Cl)nc31)[C@H]1C[C@@]21CP=O.CC1(C)OC2[C@H](O1)[C@H](n1cnc3c(N)nc(Cl)nc31)[C@H]1C[C@@]21CP=O.CSc1nc(N)c2ncn([C@@H]3[C@H]4C[C@@]4(CO)C(O)[C@@H]3O)c2n1.CSc1nc(N)c2ncn([C@@H]3[C@H]4C[C@@]4(CP=O)C4OC(C)(C)O[C@@H]43)c2n1. The first kappa shape index (κ1) is 67.6. The summed E-state index contributed by atoms with van der Waals surface area (Å²) in [7, 11) is 0.419. The molecule has 11 aliphatic rings. The molecule has 20 atom stereocenters. The first-order valence-electron chi connectivity index (χ1n) is 31.9. The number of imidazole rings is 4. The smallest absolute Gasteiger partial charge is 0.226 e. The average Bonchev–Trinajstić information content (AvgIpc) is 1.52. The molecule has 31 nitrogen and oxygen atoms in total. The van der Waals surface area contributed by atoms with Crippen molar-refractivity contribution in [3.63, 3.8) is 0 Å². The molecule has 11 heterocycles. The second-order valence-corrected chi connectivity index (χ2v) is 33.1. The van der Waals surface area contributed by atoms with Crippen LogP contribution in [-0.2, 0) is 42.1 Å². The van der Waals surface area contributed by atoms with Gasteiger partial charge in [-0.1, -0.05) is 35.1 Å². The molecule has 39 heteroatoms. The molecule has 8 saturated carbocycles. The van der Waals surface area contributed by atoms with E-state index in [9.17, 15) is 29.0 Å². The molecule has 0 spiro atoms. The largest absolute Gasteiger partial charge is 0.396 e. The molecule has 520 valence electrons. The molecule has 3 saturated heterocycles. The van der Waals surface area contributed by atoms with Crippen LogP contribution in [-0.4, -0.2) is 197 Å². The molecule has 98 heavy (non-hydrogen) atoms. The third kappa shape index (κ3) is 10.3. The van der Waals surface area contributed by atoms with Crippen LogP contribution in [0.15, 0.2) is 35.6 Å². The summed E-state index contributed by atoms with van der Waals surface area (Å²) < 4.78 is 79.2. The van der Waals surface area contributed by atoms with E-state index in [1.807, 2.05) is 63.2 Å². The summed E-state index contributed by atoms with van der Waals surface area (Å²) in [4.78, 5) is 51.5. The highest BCUT2D eigenvalue weighted by Gasteiger charge is 2.79. The minimum absolute atomic E-state index is 0.00817. The number of hydrogen-bond acceptors (Lipinski definition) is 29. The lowest BCUT2D eigenvalue weighted by atomic mass is 10.0. The Labute approximate surface area is 586 Å². The van der Waals surface area contributed by atoms with Gasteiger partial charge in [-0.2, -0.15) is 15.0 Å². The Balaban J connectivity index is 0.000000102. The van der Waals surface area contributed by atoms with Crippen molar-refractivity contribution < 1.29 is 57.4 Å². The van der Waals surface area contributed by atoms with Crippen molar-refractivity contribution in [3.8, 4) is 0 Å². The van der Waals surface area contributed by atoms with E-state index >= 15 is 0 Å². The molecule has 0 bridgehead atoms. The maximum atomic E-state index is 11.4. The summed E-state index contributed by atoms with van der Waals surface area (Å²) in [5.74, 6) is -0.116. The van der Waals surface area contributed by atoms with Gasteiger partial charge < -0.3 is 79.2 Å². The summed E-state index contributed by atoms with van der Waals surface area (Å²) in [6.07, 6.45) is 13.3. The molecule has 11 fully saturated rings. The van der Waals surface area contributed by atoms with Crippen LogP contribution in [0.4, 0.5) is 17.5 Å². The highest BCUT2D eigenvalue weighted by Crippen LogP contribution is 2.75. The first-order valence-corrected chi connectivity index (χ1v) is 38.4. The fourth-order valence-electron chi connectivity index (χ4n) is 18.0. The Hall–Kier alpha value is -4.89. The number of nitrogens with zero attached hydrogens (tertiary/aromatic N) is 16. The fourth-order valence-corrected chi connectivity index (χ4v) is 21.7. The third-order valence-electron chi connectivity index (χ3n) is 22.4. The molecule has 0 aromatic carbocycles. The Morgan fingerprint density at radius 3 is 1.17 bits per heavy atom. The Bertz CT molecular complexity index is 4480. The van der Waals surface area contributed by atoms with E-state index in [2.05, 4.69) is 64.4 Å². The molecule has 19 rings (SSSR count). The van der Waals surface area contributed by atoms with Gasteiger partial charge in [-0.15, -0.1) is 0 Å². The topological polar surface area (TPSA) is 420 Å². The lowest BCUT2D eigenvalue weighted by Crippen LogP contribution is -2.35. The van der Waals surface area contributed by atoms with E-state index in [0.29, 0.717) is 104 Å². The lowest BCUT2D eigenvalue weighted by Gasteiger charge is -2.24. The molecule has 8 aromatic rings. The van der Waals surface area contributed by atoms with Gasteiger partial charge in [0.1, 0.15) is 46.5 Å². The predicted octanol–water partition coefficient (Wildman–Crippen LogP) is 7.85. The summed E-state index contributed by atoms with van der Waals surface area (Å²) >= 11 is 21.0. The number of nitrogens with two attached hydrogens (primary N) is 3. The minimum atomic E-state index is -0.961. The lowest BCUT2D eigenvalue weighted by molar-refractivity contribution is -0.160. The van der Waals surface area contributed by atoms with Crippen LogP contribution < -0.4 is 17.2 Å². The van der Waals surface area contributed by atoms with E-state index in [4.69, 9.17) is 80.4 Å². The number of aliphatic hydroxyl groups is 3. The molecule has 3 aliphatic heterocycles. The van der Waals surface area contributed by atoms with E-state index in [-0.39, 0.29) is 136 Å². The highest BCUT2D eigenvalue weighted by molar-refractivity contribution is 7.98. The number of nitrogen functional groups attached to an aromatic ring is 3. The zero-order valence-electron chi connectivity index (χ0n) is 53.9. The molecular formula is C59H69Cl3N19O12P3S2. The van der Waals surface area contributed by atoms with Gasteiger partial charge in [-0.25, -0.2) is 44.9 Å². The number of thioether (sulfide) groups is 2. The molecule has 4 unspecified atom stereocenters. The van der Waals surface area contributed by atoms with Gasteiger partial charge in [0.15, 0.2) is 98.2 Å². The second kappa shape index (κ2) is 23.6. The summed E-state index contributed by atoms with van der Waals surface area (Å²) in [6, 6.07) is -0.349. The van der Waals surface area contributed by atoms with Crippen LogP contribution in [0.3, 0.4) is 0 Å². The van der Waals surface area contributed by atoms with E-state index in [1.54, 1.807) is 29.9 Å². The second-order valence-electron chi connectivity index (χ2n) is 28.8. The molecular weight excluding hydrogens is 1430 g/mol. The summed E-state index contributed by atoms with van der Waals surface area (Å²) in [5.41, 5.74) is 21.6. The van der Waals surface area contributed by atoms with Crippen molar-refractivity contribution in [1.29, 1.82) is 0 Å². The third-order valence-corrected chi connectivity index (χ3v) is 26.2. The van der Waals surface area contributed by atoms with Crippen molar-refractivity contribution in [2.24, 2.45) is 45.3 Å². The van der Waals surface area contributed by atoms with Crippen molar-refractivity contribution in [1.82, 2.24) is 78.1 Å². The quantitative estimate of drug-likeness (QED) is 0.0277. The van der Waals surface area contributed by atoms with Gasteiger partial charge in [0.25, 0.3) is 0 Å². The van der Waals surface area contributed by atoms with Gasteiger partial charge in [-0.3, -0.25) is 13.7 Å². The van der Waals surface area contributed by atoms with Crippen LogP contribution in [0.1, 0.15) is 91.4 Å². The molecule has 8 aromatic heterocycles. The van der Waals surface area contributed by atoms with Crippen LogP contribution in [0.5, 0.6) is 0 Å². The van der Waals surface area contributed by atoms with Crippen molar-refractivity contribution in [3.05, 3.63) is 41.0 Å². The van der Waals surface area contributed by atoms with Crippen LogP contribution in [0.2, 0.25) is 15.7 Å². The minimum Gasteiger partial charge on any atom is -0.396 e. The highest BCUT2D eigenvalue weighted by atomic mass is 35.5. The van der Waals surface area contributed by atoms with Crippen LogP contribution in [0.25, 0.3) is 44.7 Å². The Kier molecular flexibility index (Phi) is 16.3. The fraction of sp³-hybridized carbons (Fsp3) is 0.661. The van der Waals surface area contributed by atoms with Crippen LogP contribution in [0, 0.1) is 45.3 Å². The molecule has 8 aliphatic carbocycles. The molecule has 9 N–H and O–H groups in total. The van der Waals surface area contributed by atoms with Crippen molar-refractivity contribution in [2.75, 3.05) is 54.8 Å². The number of halogens is 3. The number of aromatic nitrogens is 16. The number of fused-ring (bicyclic) bond motifs is 14. The van der Waals surface area contributed by atoms with Crippen molar-refractivity contribution >= 4 is 146 Å². The van der Waals surface area contributed by atoms with Gasteiger partial charge >= 0.3 is 0 Å². The number of anilines is 3. The monoisotopic (exact) mass is 1500 g/mol. The first-order chi connectivity index (χ1) is 46.7. The number of aliphatic hydroxyl groups excluding tert-OH is 3. The molecule has 0 radical (unpaired) electrons. The standard InChI is InChI=1S/C16H20N5O3PS.C15H15Cl2N4O3P.C15H17ClN5O3P.C13H17N5O3S/c1-15(2)23-10-9(7-4-16(7,5-25-22)11(10)24-15)21-6-18-8-12(17)19-14(26-3)20-13(8)21;1-14(2)23-9-8(6-3-15(6,4-25-22)10(9)24-14)21-5-18-7-11(16)19-13(17)20-12(7)21;1-14(2)23-9-8(6-3-15(6,4-25-22)10(9)24-14)21-5-18-7-11(17)19-13(16)20-12(7)21;1-22-12-16-10(14)6-11(17-12)18(4-15-6)7-5-2-13(5,3-19)9(21)8(7)20/h6-7,9-11H,4-5H2,1-3H3,(H2,17,19,20);5-6,8-10H,3-4H2,1-2H3;5-6,8-10H,3-4H2,1-2H3,(H2,17,19,20);4-5,7-9,19-21H,2-3H2,1H3,(H2,14,16,17)/t7-,9-,10-,11?,16+;2*6-,8-,9-,10?,15+;5-,7-,8-,9?,13+/m1111/s1. The van der Waals surface area contributed by atoms with Gasteiger partial charge in [0.05, 0.1) is 80.5 Å². The normalized spacial score (nSPS) is 37.6. The zero-order chi connectivity index (χ0) is 69.0. The maximum absolute atomic E-state index is 11.4. The number of rotatable bonds is 13. The van der Waals surface area contributed by atoms with Gasteiger partial charge in [-0.05, 0) is 127 Å². The van der Waals surface area contributed by atoms with Crippen molar-refractivity contribution in [2.45, 2.75) is 168 Å². The molecule has 0 amide bonds. The maximum Gasteiger partial charge on any atom is 0.226 e. The van der Waals surface area contributed by atoms with E-state index in [1.165, 1.54) is 23.5 Å². The van der Waals surface area contributed by atoms with Gasteiger partial charge in [0.2, 0.25) is 10.6 Å². The predicted molar refractivity (Wildman–Crippen MR) is 359 cm³/mol. The zero-order valence-corrected chi connectivity index (χ0v) is 60.5. The number of hydrogen-bond donors (Lipinski definition) is 6. The van der Waals surface area contributed by atoms with Gasteiger partial charge in [0, 0.05) is 40.1 Å². The van der Waals surface area contributed by atoms with E-state index < -0.39 is 35.0 Å². The number of ether oxygens (including phenoxy) is 6. The Morgan fingerprint density at radius 2 is 0.806 bits per heavy atom. The van der Waals surface area contributed by atoms with Crippen LogP contribution >= 0.6 is 83.7 Å². The average molecular weight is 1500 g/mol.